The Bertz CT molecular complexity index is 789. The minimum absolute atomic E-state index is 0.242. The Labute approximate surface area is 125 Å². The van der Waals surface area contributed by atoms with Crippen molar-refractivity contribution in [3.05, 3.63) is 41.7 Å². The second-order valence-corrected chi connectivity index (χ2v) is 6.54. The summed E-state index contributed by atoms with van der Waals surface area (Å²) < 4.78 is 10.9. The number of benzene rings is 1. The monoisotopic (exact) mass is 301 g/mol. The highest BCUT2D eigenvalue weighted by molar-refractivity contribution is 7.13. The van der Waals surface area contributed by atoms with Crippen LogP contribution < -0.4 is 0 Å². The van der Waals surface area contributed by atoms with Crippen LogP contribution in [0.15, 0.2) is 28.8 Å². The third-order valence-corrected chi connectivity index (χ3v) is 4.92. The summed E-state index contributed by atoms with van der Waals surface area (Å²) in [6, 6.07) is 8.11. The number of nitrogens with zero attached hydrogens (tertiary/aromatic N) is 3. The Hall–Kier alpha value is -1.79. The van der Waals surface area contributed by atoms with Gasteiger partial charge in [0.25, 0.3) is 5.89 Å². The quantitative estimate of drug-likeness (QED) is 0.802. The maximum atomic E-state index is 10.4. The zero-order chi connectivity index (χ0) is 14.4. The van der Waals surface area contributed by atoms with Crippen molar-refractivity contribution in [2.75, 3.05) is 0 Å². The molecule has 4 rings (SSSR count). The predicted octanol–water partition coefficient (Wildman–Crippen LogP) is 2.89. The van der Waals surface area contributed by atoms with Crippen LogP contribution in [0.2, 0.25) is 0 Å². The minimum atomic E-state index is -1.00. The molecule has 1 aliphatic rings. The molecule has 0 saturated heterocycles. The van der Waals surface area contributed by atoms with Gasteiger partial charge in [-0.1, -0.05) is 23.4 Å². The van der Waals surface area contributed by atoms with E-state index in [1.54, 1.807) is 6.92 Å². The fourth-order valence-electron chi connectivity index (χ4n) is 2.57. The summed E-state index contributed by atoms with van der Waals surface area (Å²) in [5.41, 5.74) is -0.0518. The van der Waals surface area contributed by atoms with Gasteiger partial charge in [0.05, 0.1) is 16.8 Å². The van der Waals surface area contributed by atoms with Gasteiger partial charge in [0, 0.05) is 5.39 Å². The van der Waals surface area contributed by atoms with Gasteiger partial charge in [-0.2, -0.15) is 9.36 Å². The second kappa shape index (κ2) is 4.61. The smallest absolute Gasteiger partial charge is 0.258 e. The van der Waals surface area contributed by atoms with Crippen LogP contribution in [0.3, 0.4) is 0 Å². The van der Waals surface area contributed by atoms with Gasteiger partial charge < -0.3 is 9.63 Å². The van der Waals surface area contributed by atoms with Crippen LogP contribution in [-0.4, -0.2) is 19.6 Å². The predicted molar refractivity (Wildman–Crippen MR) is 79.0 cm³/mol. The van der Waals surface area contributed by atoms with E-state index in [4.69, 9.17) is 4.52 Å². The Morgan fingerprint density at radius 1 is 1.38 bits per heavy atom. The van der Waals surface area contributed by atoms with Gasteiger partial charge in [0.1, 0.15) is 5.60 Å². The van der Waals surface area contributed by atoms with Gasteiger partial charge in [0.2, 0.25) is 0 Å². The largest absolute Gasteiger partial charge is 0.380 e. The lowest BCUT2D eigenvalue weighted by atomic mass is 10.0. The number of aromatic nitrogens is 3. The first kappa shape index (κ1) is 12.9. The molecule has 0 amide bonds. The zero-order valence-electron chi connectivity index (χ0n) is 11.6. The molecule has 0 radical (unpaired) electrons. The highest BCUT2D eigenvalue weighted by atomic mass is 32.1. The fraction of sp³-hybridized carbons (Fsp3) is 0.400. The van der Waals surface area contributed by atoms with Gasteiger partial charge in [-0.15, -0.1) is 0 Å². The van der Waals surface area contributed by atoms with Crippen molar-refractivity contribution in [1.82, 2.24) is 14.5 Å². The highest BCUT2D eigenvalue weighted by Crippen LogP contribution is 2.44. The van der Waals surface area contributed by atoms with E-state index in [1.807, 2.05) is 12.1 Å². The Balaban J connectivity index is 1.62. The molecule has 5 nitrogen and oxygen atoms in total. The molecular weight excluding hydrogens is 286 g/mol. The fourth-order valence-corrected chi connectivity index (χ4v) is 3.36. The topological polar surface area (TPSA) is 72.0 Å². The standard InChI is InChI=1S/C15H15N3O2S/c1-15(19,9-6-7-9)14-16-13(17-20-14)8-11-10-4-2-3-5-12(10)21-18-11/h2-5,9,19H,6-8H2,1H3. The molecule has 2 aromatic heterocycles. The summed E-state index contributed by atoms with van der Waals surface area (Å²) in [5, 5.41) is 15.5. The Morgan fingerprint density at radius 2 is 2.19 bits per heavy atom. The maximum absolute atomic E-state index is 10.4. The summed E-state index contributed by atoms with van der Waals surface area (Å²) >= 11 is 1.47. The summed E-state index contributed by atoms with van der Waals surface area (Å²) in [6.07, 6.45) is 2.55. The van der Waals surface area contributed by atoms with E-state index in [0.717, 1.165) is 28.6 Å². The molecule has 1 fully saturated rings. The van der Waals surface area contributed by atoms with Gasteiger partial charge in [-0.25, -0.2) is 0 Å². The van der Waals surface area contributed by atoms with Crippen LogP contribution in [0, 0.1) is 5.92 Å². The number of rotatable bonds is 4. The summed E-state index contributed by atoms with van der Waals surface area (Å²) in [6.45, 7) is 1.75. The van der Waals surface area contributed by atoms with Crippen molar-refractivity contribution >= 4 is 21.6 Å². The zero-order valence-corrected chi connectivity index (χ0v) is 12.4. The molecule has 2 heterocycles. The lowest BCUT2D eigenvalue weighted by Gasteiger charge is -2.16. The van der Waals surface area contributed by atoms with Gasteiger partial charge in [0.15, 0.2) is 5.82 Å². The van der Waals surface area contributed by atoms with Crippen molar-refractivity contribution in [1.29, 1.82) is 0 Å². The number of aliphatic hydroxyl groups is 1. The van der Waals surface area contributed by atoms with E-state index in [9.17, 15) is 5.11 Å². The molecule has 0 spiro atoms. The first-order valence-electron chi connectivity index (χ1n) is 7.03. The summed E-state index contributed by atoms with van der Waals surface area (Å²) in [7, 11) is 0. The molecule has 1 saturated carbocycles. The molecule has 21 heavy (non-hydrogen) atoms. The van der Waals surface area contributed by atoms with Crippen molar-refractivity contribution in [2.24, 2.45) is 5.92 Å². The Kier molecular flexibility index (Phi) is 2.83. The van der Waals surface area contributed by atoms with Crippen molar-refractivity contribution in [3.63, 3.8) is 0 Å². The van der Waals surface area contributed by atoms with Crippen LogP contribution >= 0.6 is 11.5 Å². The SMILES string of the molecule is CC(O)(c1nc(Cc2nsc3ccccc23)no1)C1CC1. The Morgan fingerprint density at radius 3 is 3.00 bits per heavy atom. The molecule has 1 aliphatic carbocycles. The first-order chi connectivity index (χ1) is 10.1. The molecule has 1 aromatic carbocycles. The molecule has 3 aromatic rings. The normalized spacial score (nSPS) is 18.0. The van der Waals surface area contributed by atoms with E-state index in [1.165, 1.54) is 11.5 Å². The van der Waals surface area contributed by atoms with E-state index in [2.05, 4.69) is 26.6 Å². The molecule has 1 unspecified atom stereocenters. The van der Waals surface area contributed by atoms with Crippen LogP contribution in [0.25, 0.3) is 10.1 Å². The minimum Gasteiger partial charge on any atom is -0.380 e. The molecule has 0 aliphatic heterocycles. The molecule has 108 valence electrons. The van der Waals surface area contributed by atoms with Crippen molar-refractivity contribution < 1.29 is 9.63 Å². The van der Waals surface area contributed by atoms with Crippen LogP contribution in [0.4, 0.5) is 0 Å². The van der Waals surface area contributed by atoms with Crippen LogP contribution in [0.5, 0.6) is 0 Å². The van der Waals surface area contributed by atoms with E-state index >= 15 is 0 Å². The average molecular weight is 301 g/mol. The summed E-state index contributed by atoms with van der Waals surface area (Å²) in [4.78, 5) is 4.36. The van der Waals surface area contributed by atoms with Gasteiger partial charge in [-0.3, -0.25) is 0 Å². The average Bonchev–Trinajstić information content (AvgIpc) is 3.12. The lowest BCUT2D eigenvalue weighted by Crippen LogP contribution is -2.24. The molecule has 1 atom stereocenters. The van der Waals surface area contributed by atoms with E-state index in [-0.39, 0.29) is 5.92 Å². The number of hydrogen-bond acceptors (Lipinski definition) is 6. The van der Waals surface area contributed by atoms with Gasteiger partial charge in [-0.05, 0) is 43.3 Å². The third-order valence-electron chi connectivity index (χ3n) is 4.05. The second-order valence-electron chi connectivity index (χ2n) is 5.74. The first-order valence-corrected chi connectivity index (χ1v) is 7.80. The van der Waals surface area contributed by atoms with Crippen LogP contribution in [-0.2, 0) is 12.0 Å². The van der Waals surface area contributed by atoms with Crippen molar-refractivity contribution in [3.8, 4) is 0 Å². The maximum Gasteiger partial charge on any atom is 0.258 e. The molecular formula is C15H15N3O2S. The lowest BCUT2D eigenvalue weighted by molar-refractivity contribution is 0.000915. The van der Waals surface area contributed by atoms with E-state index < -0.39 is 5.60 Å². The third kappa shape index (κ3) is 2.24. The molecule has 6 heteroatoms. The highest BCUT2D eigenvalue weighted by Gasteiger charge is 2.45. The molecule has 1 N–H and O–H groups in total. The summed E-state index contributed by atoms with van der Waals surface area (Å²) in [5.74, 6) is 1.13. The van der Waals surface area contributed by atoms with Crippen LogP contribution in [0.1, 0.15) is 37.2 Å². The molecule has 0 bridgehead atoms. The number of hydrogen-bond donors (Lipinski definition) is 1. The van der Waals surface area contributed by atoms with E-state index in [0.29, 0.717) is 18.1 Å². The van der Waals surface area contributed by atoms with Gasteiger partial charge >= 0.3 is 0 Å². The number of fused-ring (bicyclic) bond motifs is 1. The van der Waals surface area contributed by atoms with Crippen molar-refractivity contribution in [2.45, 2.75) is 31.8 Å².